The van der Waals surface area contributed by atoms with Crippen LogP contribution in [0.15, 0.2) is 29.2 Å². The van der Waals surface area contributed by atoms with E-state index < -0.39 is 0 Å². The predicted molar refractivity (Wildman–Crippen MR) is 72.9 cm³/mol. The number of hydrogen-bond donors (Lipinski definition) is 2. The second-order valence-corrected chi connectivity index (χ2v) is 4.88. The standard InChI is InChI=1S/C13H21NO2S/c1-3-8-14-9-11(15)10-17-13-7-5-4-6-12(13)16-2/h4-7,11,14-15H,3,8-10H2,1-2H3. The molecule has 0 heterocycles. The Morgan fingerprint density at radius 2 is 2.18 bits per heavy atom. The number of thioether (sulfide) groups is 1. The van der Waals surface area contributed by atoms with Gasteiger partial charge in [0.1, 0.15) is 5.75 Å². The van der Waals surface area contributed by atoms with E-state index in [1.165, 1.54) is 0 Å². The molecule has 0 amide bonds. The van der Waals surface area contributed by atoms with Crippen LogP contribution in [0.1, 0.15) is 13.3 Å². The van der Waals surface area contributed by atoms with Gasteiger partial charge in [-0.05, 0) is 25.1 Å². The number of para-hydroxylation sites is 1. The first-order chi connectivity index (χ1) is 8.27. The molecule has 1 aromatic carbocycles. The van der Waals surface area contributed by atoms with Gasteiger partial charge in [0.15, 0.2) is 0 Å². The van der Waals surface area contributed by atoms with Crippen LogP contribution in [0.5, 0.6) is 5.75 Å². The molecule has 1 atom stereocenters. The van der Waals surface area contributed by atoms with E-state index >= 15 is 0 Å². The van der Waals surface area contributed by atoms with E-state index in [4.69, 9.17) is 4.74 Å². The van der Waals surface area contributed by atoms with Gasteiger partial charge in [-0.3, -0.25) is 0 Å². The fourth-order valence-electron chi connectivity index (χ4n) is 1.43. The lowest BCUT2D eigenvalue weighted by Gasteiger charge is -2.12. The summed E-state index contributed by atoms with van der Waals surface area (Å²) in [6.07, 6.45) is 0.767. The summed E-state index contributed by atoms with van der Waals surface area (Å²) in [5.41, 5.74) is 0. The van der Waals surface area contributed by atoms with E-state index in [-0.39, 0.29) is 6.10 Å². The highest BCUT2D eigenvalue weighted by atomic mass is 32.2. The highest BCUT2D eigenvalue weighted by Crippen LogP contribution is 2.28. The first-order valence-corrected chi connectivity index (χ1v) is 6.91. The molecular formula is C13H21NO2S. The largest absolute Gasteiger partial charge is 0.496 e. The van der Waals surface area contributed by atoms with Crippen molar-refractivity contribution in [1.82, 2.24) is 5.32 Å². The number of aliphatic hydroxyl groups is 1. The molecule has 4 heteroatoms. The minimum atomic E-state index is -0.323. The third-order valence-electron chi connectivity index (χ3n) is 2.31. The van der Waals surface area contributed by atoms with Crippen LogP contribution in [0.2, 0.25) is 0 Å². The Labute approximate surface area is 108 Å². The molecule has 0 saturated carbocycles. The van der Waals surface area contributed by atoms with E-state index in [0.29, 0.717) is 12.3 Å². The molecular weight excluding hydrogens is 234 g/mol. The molecule has 0 aliphatic rings. The van der Waals surface area contributed by atoms with Gasteiger partial charge in [-0.2, -0.15) is 0 Å². The third kappa shape index (κ3) is 5.44. The number of hydrogen-bond acceptors (Lipinski definition) is 4. The van der Waals surface area contributed by atoms with Gasteiger partial charge in [0.05, 0.1) is 13.2 Å². The molecule has 0 aromatic heterocycles. The van der Waals surface area contributed by atoms with E-state index in [0.717, 1.165) is 23.6 Å². The highest BCUT2D eigenvalue weighted by molar-refractivity contribution is 7.99. The maximum atomic E-state index is 9.78. The lowest BCUT2D eigenvalue weighted by atomic mass is 10.3. The number of aliphatic hydroxyl groups excluding tert-OH is 1. The van der Waals surface area contributed by atoms with Gasteiger partial charge in [-0.25, -0.2) is 0 Å². The Balaban J connectivity index is 2.33. The second-order valence-electron chi connectivity index (χ2n) is 3.82. The van der Waals surface area contributed by atoms with Crippen molar-refractivity contribution in [3.05, 3.63) is 24.3 Å². The molecule has 0 spiro atoms. The summed E-state index contributed by atoms with van der Waals surface area (Å²) in [4.78, 5) is 1.07. The second kappa shape index (κ2) is 8.39. The van der Waals surface area contributed by atoms with Crippen molar-refractivity contribution in [3.63, 3.8) is 0 Å². The van der Waals surface area contributed by atoms with Crippen LogP contribution in [-0.2, 0) is 0 Å². The van der Waals surface area contributed by atoms with Crippen molar-refractivity contribution in [3.8, 4) is 5.75 Å². The van der Waals surface area contributed by atoms with Crippen LogP contribution < -0.4 is 10.1 Å². The Hall–Kier alpha value is -0.710. The van der Waals surface area contributed by atoms with Crippen molar-refractivity contribution in [2.45, 2.75) is 24.3 Å². The number of methoxy groups -OCH3 is 1. The van der Waals surface area contributed by atoms with E-state index in [2.05, 4.69) is 12.2 Å². The zero-order valence-electron chi connectivity index (χ0n) is 10.5. The first kappa shape index (κ1) is 14.4. The molecule has 0 aliphatic heterocycles. The summed E-state index contributed by atoms with van der Waals surface area (Å²) in [5.74, 6) is 1.54. The smallest absolute Gasteiger partial charge is 0.132 e. The van der Waals surface area contributed by atoms with Crippen molar-refractivity contribution >= 4 is 11.8 Å². The normalized spacial score (nSPS) is 12.4. The number of rotatable bonds is 8. The highest BCUT2D eigenvalue weighted by Gasteiger charge is 2.07. The van der Waals surface area contributed by atoms with E-state index in [1.807, 2.05) is 24.3 Å². The summed E-state index contributed by atoms with van der Waals surface area (Å²) in [7, 11) is 1.67. The van der Waals surface area contributed by atoms with Gasteiger partial charge >= 0.3 is 0 Å². The van der Waals surface area contributed by atoms with Crippen molar-refractivity contribution in [1.29, 1.82) is 0 Å². The zero-order valence-corrected chi connectivity index (χ0v) is 11.3. The maximum Gasteiger partial charge on any atom is 0.132 e. The maximum absolute atomic E-state index is 9.78. The van der Waals surface area contributed by atoms with Crippen LogP contribution in [0.4, 0.5) is 0 Å². The van der Waals surface area contributed by atoms with Crippen molar-refractivity contribution in [2.24, 2.45) is 0 Å². The lowest BCUT2D eigenvalue weighted by molar-refractivity contribution is 0.196. The molecule has 0 radical (unpaired) electrons. The zero-order chi connectivity index (χ0) is 12.5. The lowest BCUT2D eigenvalue weighted by Crippen LogP contribution is -2.28. The molecule has 2 N–H and O–H groups in total. The molecule has 1 rings (SSSR count). The predicted octanol–water partition coefficient (Wildman–Crippen LogP) is 2.15. The van der Waals surface area contributed by atoms with Gasteiger partial charge in [-0.15, -0.1) is 11.8 Å². The number of benzene rings is 1. The number of ether oxygens (including phenoxy) is 1. The summed E-state index contributed by atoms with van der Waals surface area (Å²) in [5, 5.41) is 13.0. The quantitative estimate of drug-likeness (QED) is 0.552. The Morgan fingerprint density at radius 3 is 2.88 bits per heavy atom. The number of nitrogens with one attached hydrogen (secondary N) is 1. The minimum Gasteiger partial charge on any atom is -0.496 e. The molecule has 0 saturated heterocycles. The van der Waals surface area contributed by atoms with Gasteiger partial charge in [0.25, 0.3) is 0 Å². The van der Waals surface area contributed by atoms with Crippen LogP contribution in [0, 0.1) is 0 Å². The average Bonchev–Trinajstić information content (AvgIpc) is 2.37. The molecule has 0 bridgehead atoms. The Morgan fingerprint density at radius 1 is 1.41 bits per heavy atom. The van der Waals surface area contributed by atoms with Crippen LogP contribution in [0.25, 0.3) is 0 Å². The van der Waals surface area contributed by atoms with Gasteiger partial charge in [0.2, 0.25) is 0 Å². The topological polar surface area (TPSA) is 41.5 Å². The van der Waals surface area contributed by atoms with E-state index in [1.54, 1.807) is 18.9 Å². The first-order valence-electron chi connectivity index (χ1n) is 5.92. The molecule has 1 aromatic rings. The Bertz CT molecular complexity index is 320. The molecule has 17 heavy (non-hydrogen) atoms. The van der Waals surface area contributed by atoms with Crippen LogP contribution in [0.3, 0.4) is 0 Å². The molecule has 0 fully saturated rings. The molecule has 96 valence electrons. The van der Waals surface area contributed by atoms with Crippen molar-refractivity contribution < 1.29 is 9.84 Å². The molecule has 3 nitrogen and oxygen atoms in total. The average molecular weight is 255 g/mol. The van der Waals surface area contributed by atoms with Crippen LogP contribution >= 0.6 is 11.8 Å². The summed E-state index contributed by atoms with van der Waals surface area (Å²) in [6, 6.07) is 7.87. The molecule has 0 aliphatic carbocycles. The van der Waals surface area contributed by atoms with Crippen LogP contribution in [-0.4, -0.2) is 37.2 Å². The molecule has 1 unspecified atom stereocenters. The fraction of sp³-hybridized carbons (Fsp3) is 0.538. The summed E-state index contributed by atoms with van der Waals surface area (Å²) in [6.45, 7) is 3.72. The monoisotopic (exact) mass is 255 g/mol. The Kier molecular flexibility index (Phi) is 7.08. The summed E-state index contributed by atoms with van der Waals surface area (Å²) < 4.78 is 5.26. The van der Waals surface area contributed by atoms with Gasteiger partial charge in [-0.1, -0.05) is 19.1 Å². The van der Waals surface area contributed by atoms with E-state index in [9.17, 15) is 5.11 Å². The third-order valence-corrected chi connectivity index (χ3v) is 3.51. The van der Waals surface area contributed by atoms with Crippen molar-refractivity contribution in [2.75, 3.05) is 26.0 Å². The minimum absolute atomic E-state index is 0.323. The van der Waals surface area contributed by atoms with Gasteiger partial charge in [0, 0.05) is 17.2 Å². The fourth-order valence-corrected chi connectivity index (χ4v) is 2.39. The summed E-state index contributed by atoms with van der Waals surface area (Å²) >= 11 is 1.62. The van der Waals surface area contributed by atoms with Gasteiger partial charge < -0.3 is 15.2 Å². The SMILES string of the molecule is CCCNCC(O)CSc1ccccc1OC.